The van der Waals surface area contributed by atoms with Gasteiger partial charge in [-0.15, -0.1) is 0 Å². The van der Waals surface area contributed by atoms with Crippen LogP contribution < -0.4 is 0 Å². The number of hydrogen-bond acceptors (Lipinski definition) is 6. The van der Waals surface area contributed by atoms with Gasteiger partial charge in [0.25, 0.3) is 0 Å². The highest BCUT2D eigenvalue weighted by molar-refractivity contribution is 5.71. The zero-order chi connectivity index (χ0) is 50.0. The standard InChI is InChI=1S/C63H106O6/c1-4-7-10-13-16-19-22-25-28-29-30-31-32-33-36-38-41-44-47-50-53-56-62(65)68-59-60(69-63(66)57-54-51-48-45-42-39-35-27-24-21-18-15-12-9-6-3)58-67-61(64)55-52-49-46-43-40-37-34-26-23-20-17-14-11-8-5-2/h8-9,11-12,17-18,20-21,26-27,34-35,40,42-43,45,60H,4-7,10,13-16,19,22-25,28-33,36-39,41,44,46-59H2,1-3H3/b11-8-,12-9-,20-17-,21-18-,34-26-,35-27-,43-40-,45-42-/t60-/m1/s1. The van der Waals surface area contributed by atoms with Gasteiger partial charge in [-0.05, 0) is 96.3 Å². The van der Waals surface area contributed by atoms with Crippen LogP contribution in [0.2, 0.25) is 0 Å². The first kappa shape index (κ1) is 65.3. The number of carbonyl (C=O) groups excluding carboxylic acids is 3. The Labute approximate surface area is 426 Å². The summed E-state index contributed by atoms with van der Waals surface area (Å²) < 4.78 is 16.8. The second kappa shape index (κ2) is 56.9. The lowest BCUT2D eigenvalue weighted by Gasteiger charge is -2.18. The first-order valence-electron chi connectivity index (χ1n) is 28.7. The van der Waals surface area contributed by atoms with Crippen molar-refractivity contribution in [3.05, 3.63) is 97.2 Å². The van der Waals surface area contributed by atoms with Crippen LogP contribution in [-0.2, 0) is 28.6 Å². The quantitative estimate of drug-likeness (QED) is 0.0262. The molecule has 69 heavy (non-hydrogen) atoms. The van der Waals surface area contributed by atoms with Crippen molar-refractivity contribution in [1.29, 1.82) is 0 Å². The number of esters is 3. The highest BCUT2D eigenvalue weighted by atomic mass is 16.6. The molecule has 0 rings (SSSR count). The molecular formula is C63H106O6. The molecule has 0 aliphatic carbocycles. The van der Waals surface area contributed by atoms with Crippen LogP contribution in [0.1, 0.15) is 265 Å². The fourth-order valence-electron chi connectivity index (χ4n) is 7.84. The minimum absolute atomic E-state index is 0.106. The van der Waals surface area contributed by atoms with Crippen molar-refractivity contribution < 1.29 is 28.6 Å². The molecule has 0 heterocycles. The van der Waals surface area contributed by atoms with E-state index in [1.165, 1.54) is 116 Å². The van der Waals surface area contributed by atoms with E-state index in [4.69, 9.17) is 14.2 Å². The van der Waals surface area contributed by atoms with E-state index in [-0.39, 0.29) is 37.5 Å². The van der Waals surface area contributed by atoms with E-state index >= 15 is 0 Å². The van der Waals surface area contributed by atoms with E-state index in [0.717, 1.165) is 96.3 Å². The van der Waals surface area contributed by atoms with Gasteiger partial charge < -0.3 is 14.2 Å². The zero-order valence-corrected chi connectivity index (χ0v) is 45.0. The summed E-state index contributed by atoms with van der Waals surface area (Å²) in [5, 5.41) is 0. The van der Waals surface area contributed by atoms with Crippen molar-refractivity contribution in [2.45, 2.75) is 271 Å². The summed E-state index contributed by atoms with van der Waals surface area (Å²) in [5.74, 6) is -0.987. The summed E-state index contributed by atoms with van der Waals surface area (Å²) >= 11 is 0. The molecule has 0 fully saturated rings. The zero-order valence-electron chi connectivity index (χ0n) is 45.0. The Morgan fingerprint density at radius 1 is 0.304 bits per heavy atom. The van der Waals surface area contributed by atoms with Gasteiger partial charge in [0.05, 0.1) is 0 Å². The smallest absolute Gasteiger partial charge is 0.306 e. The second-order valence-electron chi connectivity index (χ2n) is 18.8. The van der Waals surface area contributed by atoms with Crippen molar-refractivity contribution in [1.82, 2.24) is 0 Å². The number of rotatable bonds is 51. The van der Waals surface area contributed by atoms with Crippen LogP contribution in [0.15, 0.2) is 97.2 Å². The van der Waals surface area contributed by atoms with Crippen LogP contribution in [0, 0.1) is 0 Å². The Morgan fingerprint density at radius 2 is 0.565 bits per heavy atom. The van der Waals surface area contributed by atoms with Crippen LogP contribution in [0.5, 0.6) is 0 Å². The van der Waals surface area contributed by atoms with Gasteiger partial charge in [0.15, 0.2) is 6.10 Å². The van der Waals surface area contributed by atoms with Gasteiger partial charge in [-0.25, -0.2) is 0 Å². The van der Waals surface area contributed by atoms with Crippen molar-refractivity contribution in [2.24, 2.45) is 0 Å². The second-order valence-corrected chi connectivity index (χ2v) is 18.8. The van der Waals surface area contributed by atoms with Crippen molar-refractivity contribution in [3.8, 4) is 0 Å². The summed E-state index contributed by atoms with van der Waals surface area (Å²) in [5.41, 5.74) is 0. The molecule has 394 valence electrons. The molecule has 0 aromatic heterocycles. The number of unbranched alkanes of at least 4 members (excludes halogenated alkanes) is 24. The van der Waals surface area contributed by atoms with Gasteiger partial charge in [-0.1, -0.05) is 246 Å². The topological polar surface area (TPSA) is 78.9 Å². The van der Waals surface area contributed by atoms with E-state index in [1.54, 1.807) is 0 Å². The van der Waals surface area contributed by atoms with E-state index in [9.17, 15) is 14.4 Å². The van der Waals surface area contributed by atoms with Crippen LogP contribution in [0.3, 0.4) is 0 Å². The van der Waals surface area contributed by atoms with E-state index in [2.05, 4.69) is 118 Å². The predicted molar refractivity (Wildman–Crippen MR) is 297 cm³/mol. The number of hydrogen-bond donors (Lipinski definition) is 0. The third-order valence-corrected chi connectivity index (χ3v) is 12.1. The SMILES string of the molecule is CC/C=C\C/C=C\C/C=C\C/C=C\CCCCC(=O)OC[C@H](COC(=O)CCCCCCCCCCCCCCCCCCCCCCC)OC(=O)CCCC/C=C\C/C=C\C/C=C\C/C=C\CC. The Balaban J connectivity index is 4.43. The molecule has 0 aromatic carbocycles. The van der Waals surface area contributed by atoms with Crippen molar-refractivity contribution in [3.63, 3.8) is 0 Å². The molecule has 0 bridgehead atoms. The van der Waals surface area contributed by atoms with E-state index in [0.29, 0.717) is 25.7 Å². The molecule has 0 saturated carbocycles. The highest BCUT2D eigenvalue weighted by Crippen LogP contribution is 2.16. The lowest BCUT2D eigenvalue weighted by Crippen LogP contribution is -2.30. The van der Waals surface area contributed by atoms with Gasteiger partial charge in [0.2, 0.25) is 0 Å². The van der Waals surface area contributed by atoms with Crippen LogP contribution in [-0.4, -0.2) is 37.2 Å². The van der Waals surface area contributed by atoms with Gasteiger partial charge in [-0.3, -0.25) is 14.4 Å². The number of carbonyl (C=O) groups is 3. The molecule has 0 aliphatic heterocycles. The van der Waals surface area contributed by atoms with Crippen LogP contribution in [0.4, 0.5) is 0 Å². The normalized spacial score (nSPS) is 12.8. The molecule has 0 aromatic rings. The predicted octanol–water partition coefficient (Wildman–Crippen LogP) is 19.3. The number of ether oxygens (including phenoxy) is 3. The average Bonchev–Trinajstić information content (AvgIpc) is 3.35. The summed E-state index contributed by atoms with van der Waals surface area (Å²) in [6, 6.07) is 0. The maximum absolute atomic E-state index is 12.8. The first-order valence-corrected chi connectivity index (χ1v) is 28.7. The minimum Gasteiger partial charge on any atom is -0.462 e. The van der Waals surface area contributed by atoms with Crippen LogP contribution >= 0.6 is 0 Å². The molecular weight excluding hydrogens is 853 g/mol. The maximum atomic E-state index is 12.8. The molecule has 6 nitrogen and oxygen atoms in total. The molecule has 0 amide bonds. The molecule has 0 unspecified atom stereocenters. The molecule has 0 aliphatic rings. The molecule has 1 atom stereocenters. The van der Waals surface area contributed by atoms with Crippen LogP contribution in [0.25, 0.3) is 0 Å². The Bertz CT molecular complexity index is 1380. The van der Waals surface area contributed by atoms with Gasteiger partial charge >= 0.3 is 17.9 Å². The van der Waals surface area contributed by atoms with Crippen molar-refractivity contribution >= 4 is 17.9 Å². The Hall–Kier alpha value is -3.67. The monoisotopic (exact) mass is 959 g/mol. The Morgan fingerprint density at radius 3 is 0.884 bits per heavy atom. The van der Waals surface area contributed by atoms with Gasteiger partial charge in [0, 0.05) is 19.3 Å². The third kappa shape index (κ3) is 55.1. The summed E-state index contributed by atoms with van der Waals surface area (Å²) in [4.78, 5) is 38.1. The summed E-state index contributed by atoms with van der Waals surface area (Å²) in [6.45, 7) is 6.36. The summed E-state index contributed by atoms with van der Waals surface area (Å²) in [7, 11) is 0. The molecule has 0 N–H and O–H groups in total. The highest BCUT2D eigenvalue weighted by Gasteiger charge is 2.19. The van der Waals surface area contributed by atoms with Gasteiger partial charge in [-0.2, -0.15) is 0 Å². The third-order valence-electron chi connectivity index (χ3n) is 12.1. The number of allylic oxidation sites excluding steroid dienone is 16. The van der Waals surface area contributed by atoms with E-state index in [1.807, 2.05) is 0 Å². The van der Waals surface area contributed by atoms with E-state index < -0.39 is 6.10 Å². The Kier molecular flexibility index (Phi) is 53.9. The fourth-order valence-corrected chi connectivity index (χ4v) is 7.84. The molecule has 0 saturated heterocycles. The van der Waals surface area contributed by atoms with Crippen molar-refractivity contribution in [2.75, 3.05) is 13.2 Å². The average molecular weight is 960 g/mol. The lowest BCUT2D eigenvalue weighted by molar-refractivity contribution is -0.167. The first-order chi connectivity index (χ1) is 34.0. The molecule has 0 spiro atoms. The van der Waals surface area contributed by atoms with Gasteiger partial charge in [0.1, 0.15) is 13.2 Å². The largest absolute Gasteiger partial charge is 0.462 e. The summed E-state index contributed by atoms with van der Waals surface area (Å²) in [6.07, 6.45) is 75.6. The fraction of sp³-hybridized carbons (Fsp3) is 0.698. The molecule has 0 radical (unpaired) electrons. The maximum Gasteiger partial charge on any atom is 0.306 e. The molecule has 6 heteroatoms. The minimum atomic E-state index is -0.816. The lowest BCUT2D eigenvalue weighted by atomic mass is 10.0.